The Balaban J connectivity index is 1.83. The molecule has 0 unspecified atom stereocenters. The van der Waals surface area contributed by atoms with Gasteiger partial charge in [0, 0.05) is 24.7 Å². The van der Waals surface area contributed by atoms with Crippen LogP contribution in [0.2, 0.25) is 5.02 Å². The number of nitrogen functional groups attached to an aromatic ring is 1. The summed E-state index contributed by atoms with van der Waals surface area (Å²) in [7, 11) is -3.73. The smallest absolute Gasteiger partial charge is 0.261 e. The molecular formula is C17H21ClN4O2S. The highest BCUT2D eigenvalue weighted by atomic mass is 35.5. The Morgan fingerprint density at radius 3 is 2.72 bits per heavy atom. The van der Waals surface area contributed by atoms with E-state index < -0.39 is 10.0 Å². The van der Waals surface area contributed by atoms with E-state index in [0.717, 1.165) is 38.3 Å². The Morgan fingerprint density at radius 2 is 1.96 bits per heavy atom. The summed E-state index contributed by atoms with van der Waals surface area (Å²) in [4.78, 5) is 2.30. The van der Waals surface area contributed by atoms with Crippen LogP contribution in [0.3, 0.4) is 0 Å². The molecule has 0 aromatic heterocycles. The predicted octanol–water partition coefficient (Wildman–Crippen LogP) is 2.52. The quantitative estimate of drug-likeness (QED) is 0.709. The number of nitrogens with zero attached hydrogens (tertiary/aromatic N) is 1. The van der Waals surface area contributed by atoms with Gasteiger partial charge < -0.3 is 16.0 Å². The van der Waals surface area contributed by atoms with Gasteiger partial charge in [-0.2, -0.15) is 0 Å². The Bertz CT molecular complexity index is 849. The van der Waals surface area contributed by atoms with Crippen molar-refractivity contribution in [1.29, 1.82) is 0 Å². The summed E-state index contributed by atoms with van der Waals surface area (Å²) in [5, 5.41) is 3.80. The highest BCUT2D eigenvalue weighted by molar-refractivity contribution is 7.92. The van der Waals surface area contributed by atoms with Crippen molar-refractivity contribution >= 4 is 38.7 Å². The lowest BCUT2D eigenvalue weighted by Gasteiger charge is -2.24. The van der Waals surface area contributed by atoms with Crippen molar-refractivity contribution in [1.82, 2.24) is 5.32 Å². The summed E-state index contributed by atoms with van der Waals surface area (Å²) in [6, 6.07) is 11.4. The first-order valence-electron chi connectivity index (χ1n) is 8.09. The van der Waals surface area contributed by atoms with E-state index in [9.17, 15) is 8.42 Å². The van der Waals surface area contributed by atoms with Crippen molar-refractivity contribution in [2.75, 3.05) is 41.5 Å². The van der Waals surface area contributed by atoms with Gasteiger partial charge in [-0.15, -0.1) is 0 Å². The molecule has 0 amide bonds. The molecule has 1 fully saturated rings. The minimum Gasteiger partial charge on any atom is -0.397 e. The minimum absolute atomic E-state index is 0.127. The first-order chi connectivity index (χ1) is 12.0. The van der Waals surface area contributed by atoms with E-state index in [-0.39, 0.29) is 4.90 Å². The summed E-state index contributed by atoms with van der Waals surface area (Å²) in [5.74, 6) is 0. The molecule has 2 aromatic carbocycles. The number of rotatable bonds is 4. The molecular weight excluding hydrogens is 360 g/mol. The van der Waals surface area contributed by atoms with Gasteiger partial charge in [0.1, 0.15) is 0 Å². The van der Waals surface area contributed by atoms with Crippen LogP contribution in [0.25, 0.3) is 0 Å². The zero-order chi connectivity index (χ0) is 17.9. The van der Waals surface area contributed by atoms with E-state index in [4.69, 9.17) is 17.3 Å². The van der Waals surface area contributed by atoms with E-state index in [1.54, 1.807) is 36.4 Å². The fourth-order valence-corrected chi connectivity index (χ4v) is 4.12. The molecule has 1 saturated heterocycles. The summed E-state index contributed by atoms with van der Waals surface area (Å²) in [6.45, 7) is 3.60. The maximum absolute atomic E-state index is 12.6. The lowest BCUT2D eigenvalue weighted by Crippen LogP contribution is -2.28. The monoisotopic (exact) mass is 380 g/mol. The van der Waals surface area contributed by atoms with Crippen molar-refractivity contribution in [3.8, 4) is 0 Å². The molecule has 3 rings (SSSR count). The summed E-state index contributed by atoms with van der Waals surface area (Å²) >= 11 is 5.90. The Labute approximate surface area is 153 Å². The van der Waals surface area contributed by atoms with Gasteiger partial charge >= 0.3 is 0 Å². The Morgan fingerprint density at radius 1 is 1.12 bits per heavy atom. The second-order valence-corrected chi connectivity index (χ2v) is 8.05. The molecule has 0 aliphatic carbocycles. The van der Waals surface area contributed by atoms with E-state index in [1.165, 1.54) is 6.07 Å². The molecule has 0 saturated carbocycles. The fourth-order valence-electron chi connectivity index (χ4n) is 2.84. The zero-order valence-electron chi connectivity index (χ0n) is 13.7. The number of nitrogens with two attached hydrogens (primary N) is 1. The number of benzene rings is 2. The molecule has 8 heteroatoms. The van der Waals surface area contributed by atoms with Crippen LogP contribution in [0.4, 0.5) is 17.1 Å². The summed E-state index contributed by atoms with van der Waals surface area (Å²) in [5.41, 5.74) is 7.87. The average molecular weight is 381 g/mol. The largest absolute Gasteiger partial charge is 0.397 e. The van der Waals surface area contributed by atoms with Gasteiger partial charge in [0.05, 0.1) is 22.0 Å². The van der Waals surface area contributed by atoms with Gasteiger partial charge in [0.25, 0.3) is 10.0 Å². The first kappa shape index (κ1) is 17.8. The van der Waals surface area contributed by atoms with Crippen molar-refractivity contribution in [3.63, 3.8) is 0 Å². The molecule has 0 atom stereocenters. The van der Waals surface area contributed by atoms with Gasteiger partial charge in [0.2, 0.25) is 0 Å². The second-order valence-electron chi connectivity index (χ2n) is 5.93. The maximum Gasteiger partial charge on any atom is 0.261 e. The number of hydrogen-bond donors (Lipinski definition) is 3. The summed E-state index contributed by atoms with van der Waals surface area (Å²) < 4.78 is 27.7. The Hall–Kier alpha value is -1.96. The van der Waals surface area contributed by atoms with Gasteiger partial charge in [-0.05, 0) is 49.4 Å². The molecule has 2 aromatic rings. The van der Waals surface area contributed by atoms with Crippen LogP contribution in [0.5, 0.6) is 0 Å². The average Bonchev–Trinajstić information content (AvgIpc) is 2.83. The van der Waals surface area contributed by atoms with Gasteiger partial charge in [-0.1, -0.05) is 17.7 Å². The normalized spacial score (nSPS) is 15.6. The van der Waals surface area contributed by atoms with Crippen LogP contribution in [-0.2, 0) is 10.0 Å². The minimum atomic E-state index is -3.73. The third-order valence-corrected chi connectivity index (χ3v) is 5.68. The highest BCUT2D eigenvalue weighted by Gasteiger charge is 2.18. The fraction of sp³-hybridized carbons (Fsp3) is 0.294. The third kappa shape index (κ3) is 4.36. The Kier molecular flexibility index (Phi) is 5.36. The van der Waals surface area contributed by atoms with Crippen LogP contribution in [0.1, 0.15) is 6.42 Å². The van der Waals surface area contributed by atoms with E-state index in [1.807, 2.05) is 0 Å². The molecule has 1 aliphatic rings. The molecule has 1 aliphatic heterocycles. The first-order valence-corrected chi connectivity index (χ1v) is 9.95. The van der Waals surface area contributed by atoms with Crippen molar-refractivity contribution in [2.45, 2.75) is 11.3 Å². The van der Waals surface area contributed by atoms with Crippen LogP contribution >= 0.6 is 11.6 Å². The molecule has 0 bridgehead atoms. The molecule has 0 radical (unpaired) electrons. The lowest BCUT2D eigenvalue weighted by molar-refractivity contribution is 0.601. The number of nitrogens with one attached hydrogen (secondary N) is 2. The van der Waals surface area contributed by atoms with Gasteiger partial charge in [-0.25, -0.2) is 8.42 Å². The topological polar surface area (TPSA) is 87.5 Å². The zero-order valence-corrected chi connectivity index (χ0v) is 15.3. The molecule has 134 valence electrons. The van der Waals surface area contributed by atoms with Crippen molar-refractivity contribution in [2.24, 2.45) is 0 Å². The van der Waals surface area contributed by atoms with Crippen LogP contribution in [0.15, 0.2) is 47.4 Å². The number of anilines is 3. The molecule has 6 nitrogen and oxygen atoms in total. The third-order valence-electron chi connectivity index (χ3n) is 4.07. The number of hydrogen-bond acceptors (Lipinski definition) is 5. The summed E-state index contributed by atoms with van der Waals surface area (Å²) in [6.07, 6.45) is 1.02. The van der Waals surface area contributed by atoms with Crippen LogP contribution in [0, 0.1) is 0 Å². The van der Waals surface area contributed by atoms with Gasteiger partial charge in [-0.3, -0.25) is 4.72 Å². The lowest BCUT2D eigenvalue weighted by atomic mass is 10.2. The van der Waals surface area contributed by atoms with Crippen molar-refractivity contribution in [3.05, 3.63) is 47.5 Å². The van der Waals surface area contributed by atoms with Crippen molar-refractivity contribution < 1.29 is 8.42 Å². The molecule has 0 spiro atoms. The molecule has 1 heterocycles. The standard InChI is InChI=1S/C17H21ClN4O2S/c18-13-3-1-4-14(11-13)21-25(23,24)15-5-6-17(16(19)12-15)22-9-2-7-20-8-10-22/h1,3-6,11-12,20-21H,2,7-10,19H2. The second kappa shape index (κ2) is 7.51. The van der Waals surface area contributed by atoms with Gasteiger partial charge in [0.15, 0.2) is 0 Å². The van der Waals surface area contributed by atoms with E-state index in [0.29, 0.717) is 16.4 Å². The predicted molar refractivity (Wildman–Crippen MR) is 103 cm³/mol. The molecule has 25 heavy (non-hydrogen) atoms. The molecule has 4 N–H and O–H groups in total. The van der Waals surface area contributed by atoms with E-state index in [2.05, 4.69) is 14.9 Å². The number of halogens is 1. The van der Waals surface area contributed by atoms with Crippen LogP contribution < -0.4 is 20.7 Å². The highest BCUT2D eigenvalue weighted by Crippen LogP contribution is 2.28. The van der Waals surface area contributed by atoms with Crippen LogP contribution in [-0.4, -0.2) is 34.6 Å². The SMILES string of the molecule is Nc1cc(S(=O)(=O)Nc2cccc(Cl)c2)ccc1N1CCCNCC1. The maximum atomic E-state index is 12.6. The number of sulfonamides is 1. The van der Waals surface area contributed by atoms with E-state index >= 15 is 0 Å².